The zero-order valence-corrected chi connectivity index (χ0v) is 8.66. The van der Waals surface area contributed by atoms with Gasteiger partial charge in [-0.25, -0.2) is 0 Å². The Labute approximate surface area is 83.1 Å². The molecular weight excluding hydrogens is 176 g/mol. The summed E-state index contributed by atoms with van der Waals surface area (Å²) in [4.78, 5) is 7.34. The number of hydrogen-bond acceptors (Lipinski definition) is 2. The van der Waals surface area contributed by atoms with Crippen molar-refractivity contribution in [2.24, 2.45) is 0 Å². The van der Waals surface area contributed by atoms with Gasteiger partial charge in [0.25, 0.3) is 0 Å². The summed E-state index contributed by atoms with van der Waals surface area (Å²) in [6.45, 7) is 6.09. The maximum atomic E-state index is 5.80. The zero-order chi connectivity index (χ0) is 10.2. The average molecular weight is 190 g/mol. The first-order chi connectivity index (χ1) is 6.56. The van der Waals surface area contributed by atoms with E-state index >= 15 is 0 Å². The summed E-state index contributed by atoms with van der Waals surface area (Å²) in [5, 5.41) is 0. The van der Waals surface area contributed by atoms with Crippen molar-refractivity contribution >= 4 is 11.0 Å². The Morgan fingerprint density at radius 1 is 1.29 bits per heavy atom. The number of nitrogens with zero attached hydrogens (tertiary/aromatic N) is 1. The first-order valence-corrected chi connectivity index (χ1v) is 4.67. The van der Waals surface area contributed by atoms with E-state index in [2.05, 4.69) is 9.97 Å². The van der Waals surface area contributed by atoms with E-state index in [1.807, 2.05) is 39.1 Å². The maximum Gasteiger partial charge on any atom is 0.147 e. The van der Waals surface area contributed by atoms with Gasteiger partial charge < -0.3 is 9.72 Å². The summed E-state index contributed by atoms with van der Waals surface area (Å²) in [6.07, 6.45) is 3.63. The molecule has 0 aliphatic rings. The van der Waals surface area contributed by atoms with Gasteiger partial charge in [0.05, 0.1) is 5.52 Å². The van der Waals surface area contributed by atoms with Gasteiger partial charge in [0.2, 0.25) is 0 Å². The summed E-state index contributed by atoms with van der Waals surface area (Å²) in [6, 6.07) is 3.81. The van der Waals surface area contributed by atoms with Crippen LogP contribution in [-0.2, 0) is 0 Å². The monoisotopic (exact) mass is 190 g/mol. The second kappa shape index (κ2) is 3.01. The summed E-state index contributed by atoms with van der Waals surface area (Å²) in [7, 11) is 0. The molecule has 2 rings (SSSR count). The van der Waals surface area contributed by atoms with Gasteiger partial charge in [0.1, 0.15) is 16.9 Å². The number of hydrogen-bond donors (Lipinski definition) is 1. The van der Waals surface area contributed by atoms with Crippen LogP contribution in [0.1, 0.15) is 20.8 Å². The second-order valence-corrected chi connectivity index (χ2v) is 4.26. The van der Waals surface area contributed by atoms with Gasteiger partial charge in [0, 0.05) is 18.5 Å². The first kappa shape index (κ1) is 9.06. The van der Waals surface area contributed by atoms with Crippen LogP contribution < -0.4 is 4.74 Å². The smallest absolute Gasteiger partial charge is 0.147 e. The van der Waals surface area contributed by atoms with Crippen LogP contribution in [0.5, 0.6) is 5.75 Å². The molecule has 0 saturated carbocycles. The Bertz CT molecular complexity index is 440. The second-order valence-electron chi connectivity index (χ2n) is 4.26. The summed E-state index contributed by atoms with van der Waals surface area (Å²) in [5.41, 5.74) is 1.72. The highest BCUT2D eigenvalue weighted by molar-refractivity contribution is 5.81. The van der Waals surface area contributed by atoms with Gasteiger partial charge in [-0.05, 0) is 26.8 Å². The minimum Gasteiger partial charge on any atom is -0.486 e. The average Bonchev–Trinajstić information content (AvgIpc) is 2.49. The predicted octanol–water partition coefficient (Wildman–Crippen LogP) is 2.74. The molecule has 14 heavy (non-hydrogen) atoms. The molecule has 0 bridgehead atoms. The fourth-order valence-electron chi connectivity index (χ4n) is 1.35. The molecule has 3 heteroatoms. The molecule has 0 radical (unpaired) electrons. The SMILES string of the molecule is CC(C)(C)Oc1ccnc2cc[nH]c12. The quantitative estimate of drug-likeness (QED) is 0.750. The van der Waals surface area contributed by atoms with E-state index in [4.69, 9.17) is 4.74 Å². The Morgan fingerprint density at radius 2 is 2.07 bits per heavy atom. The Kier molecular flexibility index (Phi) is 1.95. The van der Waals surface area contributed by atoms with Crippen LogP contribution in [0.3, 0.4) is 0 Å². The number of nitrogens with one attached hydrogen (secondary N) is 1. The van der Waals surface area contributed by atoms with Gasteiger partial charge in [-0.1, -0.05) is 0 Å². The van der Waals surface area contributed by atoms with E-state index in [-0.39, 0.29) is 5.60 Å². The van der Waals surface area contributed by atoms with Crippen LogP contribution in [0, 0.1) is 0 Å². The Morgan fingerprint density at radius 3 is 2.79 bits per heavy atom. The number of pyridine rings is 1. The molecule has 0 atom stereocenters. The highest BCUT2D eigenvalue weighted by Crippen LogP contribution is 2.25. The van der Waals surface area contributed by atoms with Crippen LogP contribution in [0.15, 0.2) is 24.5 Å². The lowest BCUT2D eigenvalue weighted by atomic mass is 10.2. The number of rotatable bonds is 1. The van der Waals surface area contributed by atoms with Crippen LogP contribution in [0.4, 0.5) is 0 Å². The largest absolute Gasteiger partial charge is 0.486 e. The van der Waals surface area contributed by atoms with Gasteiger partial charge in [-0.15, -0.1) is 0 Å². The fraction of sp³-hybridized carbons (Fsp3) is 0.364. The van der Waals surface area contributed by atoms with Gasteiger partial charge in [-0.2, -0.15) is 0 Å². The summed E-state index contributed by atoms with van der Waals surface area (Å²) < 4.78 is 5.80. The third-order valence-electron chi connectivity index (χ3n) is 1.83. The minimum absolute atomic E-state index is 0.181. The molecule has 0 fully saturated rings. The molecule has 0 aliphatic heterocycles. The molecule has 0 spiro atoms. The van der Waals surface area contributed by atoms with Crippen molar-refractivity contribution < 1.29 is 4.74 Å². The first-order valence-electron chi connectivity index (χ1n) is 4.67. The summed E-state index contributed by atoms with van der Waals surface area (Å²) in [5.74, 6) is 0.854. The number of aromatic amines is 1. The van der Waals surface area contributed by atoms with Crippen molar-refractivity contribution in [2.75, 3.05) is 0 Å². The molecule has 2 aromatic rings. The van der Waals surface area contributed by atoms with Crippen molar-refractivity contribution in [3.05, 3.63) is 24.5 Å². The van der Waals surface area contributed by atoms with Crippen molar-refractivity contribution in [1.29, 1.82) is 0 Å². The minimum atomic E-state index is -0.181. The third-order valence-corrected chi connectivity index (χ3v) is 1.83. The number of ether oxygens (including phenoxy) is 1. The molecule has 0 amide bonds. The highest BCUT2D eigenvalue weighted by atomic mass is 16.5. The van der Waals surface area contributed by atoms with E-state index in [1.165, 1.54) is 0 Å². The molecule has 2 aromatic heterocycles. The molecule has 3 nitrogen and oxygen atoms in total. The third kappa shape index (κ3) is 1.71. The molecule has 2 heterocycles. The lowest BCUT2D eigenvalue weighted by Gasteiger charge is -2.21. The zero-order valence-electron chi connectivity index (χ0n) is 8.66. The van der Waals surface area contributed by atoms with Crippen molar-refractivity contribution in [3.63, 3.8) is 0 Å². The van der Waals surface area contributed by atoms with Crippen LogP contribution in [-0.4, -0.2) is 15.6 Å². The lowest BCUT2D eigenvalue weighted by molar-refractivity contribution is 0.133. The molecule has 0 aliphatic carbocycles. The standard InChI is InChI=1S/C11H14N2O/c1-11(2,3)14-9-5-7-12-8-4-6-13-10(8)9/h4-7,13H,1-3H3. The number of fused-ring (bicyclic) bond motifs is 1. The van der Waals surface area contributed by atoms with Crippen molar-refractivity contribution in [3.8, 4) is 5.75 Å². The molecule has 0 unspecified atom stereocenters. The van der Waals surface area contributed by atoms with E-state index < -0.39 is 0 Å². The topological polar surface area (TPSA) is 37.9 Å². The van der Waals surface area contributed by atoms with Gasteiger partial charge in [-0.3, -0.25) is 4.98 Å². The van der Waals surface area contributed by atoms with Crippen molar-refractivity contribution in [1.82, 2.24) is 9.97 Å². The summed E-state index contributed by atoms with van der Waals surface area (Å²) >= 11 is 0. The van der Waals surface area contributed by atoms with E-state index in [0.29, 0.717) is 0 Å². The normalized spacial score (nSPS) is 11.9. The number of aromatic nitrogens is 2. The Hall–Kier alpha value is -1.51. The number of H-pyrrole nitrogens is 1. The molecule has 0 aromatic carbocycles. The molecule has 74 valence electrons. The van der Waals surface area contributed by atoms with Crippen LogP contribution in [0.2, 0.25) is 0 Å². The van der Waals surface area contributed by atoms with E-state index in [1.54, 1.807) is 6.20 Å². The molecule has 0 saturated heterocycles. The lowest BCUT2D eigenvalue weighted by Crippen LogP contribution is -2.23. The Balaban J connectivity index is 2.46. The van der Waals surface area contributed by atoms with Crippen LogP contribution >= 0.6 is 0 Å². The van der Waals surface area contributed by atoms with Crippen molar-refractivity contribution in [2.45, 2.75) is 26.4 Å². The predicted molar refractivity (Wildman–Crippen MR) is 56.5 cm³/mol. The molecular formula is C11H14N2O. The van der Waals surface area contributed by atoms with Crippen LogP contribution in [0.25, 0.3) is 11.0 Å². The van der Waals surface area contributed by atoms with Gasteiger partial charge >= 0.3 is 0 Å². The highest BCUT2D eigenvalue weighted by Gasteiger charge is 2.14. The van der Waals surface area contributed by atoms with E-state index in [9.17, 15) is 0 Å². The van der Waals surface area contributed by atoms with Gasteiger partial charge in [0.15, 0.2) is 0 Å². The fourth-order valence-corrected chi connectivity index (χ4v) is 1.35. The molecule has 1 N–H and O–H groups in total. The van der Waals surface area contributed by atoms with E-state index in [0.717, 1.165) is 16.8 Å². The maximum absolute atomic E-state index is 5.80.